The highest BCUT2D eigenvalue weighted by atomic mass is 32.2. The minimum atomic E-state index is -0.460. The molecule has 2 unspecified atom stereocenters. The van der Waals surface area contributed by atoms with Crippen LogP contribution in [0.3, 0.4) is 0 Å². The number of carbonyl (C=O) groups excluding carboxylic acids is 5. The number of hydrogen-bond donors (Lipinski definition) is 0. The zero-order chi connectivity index (χ0) is 95.4. The number of benzene rings is 12. The molecule has 0 amide bonds. The van der Waals surface area contributed by atoms with Gasteiger partial charge in [0.2, 0.25) is 0 Å². The molecule has 0 aromatic heterocycles. The third-order valence-electron chi connectivity index (χ3n) is 27.4. The summed E-state index contributed by atoms with van der Waals surface area (Å²) >= 11 is 0. The summed E-state index contributed by atoms with van der Waals surface area (Å²) in [6.07, 6.45) is 19.7. The predicted molar refractivity (Wildman–Crippen MR) is 546 cm³/mol. The summed E-state index contributed by atoms with van der Waals surface area (Å²) in [7, 11) is -0.883. The monoisotopic (exact) mass is 1900 g/mol. The van der Waals surface area contributed by atoms with E-state index in [1.54, 1.807) is 0 Å². The third-order valence-corrected chi connectivity index (χ3v) is 36.1. The first-order valence-corrected chi connectivity index (χ1v) is 53.5. The van der Waals surface area contributed by atoms with E-state index >= 15 is 0 Å². The normalized spacial score (nSPS) is 18.0. The lowest BCUT2D eigenvalue weighted by molar-refractivity contribution is -0.191. The Balaban J connectivity index is 0.000000138. The van der Waals surface area contributed by atoms with E-state index in [9.17, 15) is 24.0 Å². The van der Waals surface area contributed by atoms with Crippen LogP contribution in [-0.2, 0) is 86.5 Å². The standard InChI is InChI=1S/C32H33O4S.C30H35O3S.C29H33O3S.C28H31O3S/c1-21-13-28(37(26-9-5-3-6-10-26)27-11-7-4-8-12-27)14-22(2)31(21)35-20-29(33)36-32-17-23-15-24(18-32)30(34)25(16-23)19-32;1-4-30(18-12-7-13-19-30)33-28(31)22-32-29-23(2)20-27(21-24(29)3)34(25-14-8-5-9-15-25)26-16-10-6-11-17-26;1-4-29(17-11-12-18-29)32-27(30)21-31-28-22(2)19-26(20-23(28)3)33(24-13-7-5-8-14-24)25-15-9-6-10-16-25;1-21-18-25(32(23-12-6-4-7-13-23)24-14-8-5-9-15-24)19-22(2)27(21)30-20-26(29)31-28(3)16-10-11-17-28/h3-14,23-25H,15-20H2,1-2H3;5-6,8-11,14-17,20-21H,4,7,12-13,18-19,22H2,1-3H3;5-10,13-16,19-20H,4,11-12,17-18,21H2,1-3H3;4-9,12-15,18-19H,10-11,16-17,20H2,1-3H3/q4*+1. The van der Waals surface area contributed by atoms with Crippen LogP contribution in [0.5, 0.6) is 23.0 Å². The van der Waals surface area contributed by atoms with Crippen LogP contribution in [0.25, 0.3) is 0 Å². The van der Waals surface area contributed by atoms with E-state index in [0.717, 1.165) is 177 Å². The second kappa shape index (κ2) is 46.3. The Labute approximate surface area is 817 Å². The summed E-state index contributed by atoms with van der Waals surface area (Å²) in [4.78, 5) is 78.2. The van der Waals surface area contributed by atoms with Crippen molar-refractivity contribution in [2.75, 3.05) is 26.4 Å². The minimum Gasteiger partial charge on any atom is -0.481 e. The molecule has 0 saturated heterocycles. The van der Waals surface area contributed by atoms with Crippen LogP contribution >= 0.6 is 0 Å². The van der Waals surface area contributed by atoms with Gasteiger partial charge in [-0.25, -0.2) is 19.2 Å². The number of hydrogen-bond acceptors (Lipinski definition) is 13. The van der Waals surface area contributed by atoms with Crippen molar-refractivity contribution in [3.05, 3.63) is 336 Å². The number of aryl methyl sites for hydroxylation is 8. The van der Waals surface area contributed by atoms with Gasteiger partial charge in [0, 0.05) is 60.4 Å². The van der Waals surface area contributed by atoms with Gasteiger partial charge in [0.05, 0.1) is 43.6 Å². The lowest BCUT2D eigenvalue weighted by atomic mass is 9.53. The van der Waals surface area contributed by atoms with Crippen LogP contribution < -0.4 is 18.9 Å². The van der Waals surface area contributed by atoms with E-state index in [1.807, 2.05) is 46.8 Å². The number of carbonyl (C=O) groups is 5. The molecule has 17 heteroatoms. The van der Waals surface area contributed by atoms with E-state index in [0.29, 0.717) is 24.5 Å². The van der Waals surface area contributed by atoms with Gasteiger partial charge < -0.3 is 37.9 Å². The van der Waals surface area contributed by atoms with E-state index < -0.39 is 5.60 Å². The molecular weight excluding hydrogens is 1770 g/mol. The summed E-state index contributed by atoms with van der Waals surface area (Å²) in [5.74, 6) is 3.00. The van der Waals surface area contributed by atoms with E-state index in [1.165, 1.54) is 65.2 Å². The molecule has 0 radical (unpaired) electrons. The molecule has 0 aliphatic heterocycles. The molecule has 12 aromatic carbocycles. The maximum Gasteiger partial charge on any atom is 0.344 e. The Morgan fingerprint density at radius 3 is 0.728 bits per heavy atom. The highest BCUT2D eigenvalue weighted by Crippen LogP contribution is 2.56. The smallest absolute Gasteiger partial charge is 0.344 e. The van der Waals surface area contributed by atoms with Crippen molar-refractivity contribution < 1.29 is 61.9 Å². The molecule has 0 N–H and O–H groups in total. The molecule has 12 aromatic rings. The number of ketones is 1. The molecule has 136 heavy (non-hydrogen) atoms. The molecular formula is C119H132O13S4+4. The molecule has 7 saturated carbocycles. The van der Waals surface area contributed by atoms with E-state index in [2.05, 4.69) is 321 Å². The van der Waals surface area contributed by atoms with Crippen molar-refractivity contribution in [3.8, 4) is 23.0 Å². The fourth-order valence-electron chi connectivity index (χ4n) is 21.0. The number of Topliss-reactive ketones (excluding diaryl/α,β-unsaturated/α-hetero) is 1. The zero-order valence-corrected chi connectivity index (χ0v) is 84.1. The van der Waals surface area contributed by atoms with Crippen LogP contribution in [-0.4, -0.2) is 78.5 Å². The molecule has 7 fully saturated rings. The van der Waals surface area contributed by atoms with Crippen molar-refractivity contribution in [3.63, 3.8) is 0 Å². The van der Waals surface area contributed by atoms with Gasteiger partial charge in [-0.15, -0.1) is 0 Å². The molecule has 4 bridgehead atoms. The van der Waals surface area contributed by atoms with Crippen LogP contribution in [0.1, 0.15) is 194 Å². The summed E-state index contributed by atoms with van der Waals surface area (Å²) in [6, 6.07) is 102. The van der Waals surface area contributed by atoms with Crippen molar-refractivity contribution in [1.29, 1.82) is 0 Å². The number of esters is 4. The average molecular weight is 1900 g/mol. The predicted octanol–water partition coefficient (Wildman–Crippen LogP) is 27.6. The van der Waals surface area contributed by atoms with Crippen molar-refractivity contribution in [2.24, 2.45) is 17.8 Å². The molecule has 2 atom stereocenters. The topological polar surface area (TPSA) is 159 Å². The van der Waals surface area contributed by atoms with Gasteiger partial charge in [0.1, 0.15) is 51.2 Å². The Kier molecular flexibility index (Phi) is 33.8. The molecule has 13 nitrogen and oxygen atoms in total. The third kappa shape index (κ3) is 25.0. The zero-order valence-electron chi connectivity index (χ0n) is 80.9. The highest BCUT2D eigenvalue weighted by Gasteiger charge is 2.57. The van der Waals surface area contributed by atoms with Crippen LogP contribution in [0.4, 0.5) is 0 Å². The molecule has 0 heterocycles. The molecule has 7 aliphatic rings. The van der Waals surface area contributed by atoms with Gasteiger partial charge in [0.25, 0.3) is 0 Å². The largest absolute Gasteiger partial charge is 0.481 e. The summed E-state index contributed by atoms with van der Waals surface area (Å²) in [6.45, 7) is 22.4. The van der Waals surface area contributed by atoms with Gasteiger partial charge in [-0.2, -0.15) is 0 Å². The van der Waals surface area contributed by atoms with Crippen LogP contribution in [0.2, 0.25) is 0 Å². The Hall–Kier alpha value is -11.2. The van der Waals surface area contributed by atoms with E-state index in [-0.39, 0.29) is 123 Å². The lowest BCUT2D eigenvalue weighted by Crippen LogP contribution is -2.57. The van der Waals surface area contributed by atoms with Gasteiger partial charge in [-0.1, -0.05) is 166 Å². The van der Waals surface area contributed by atoms with Gasteiger partial charge in [-0.3, -0.25) is 4.79 Å². The SMILES string of the molecule is CCC1(OC(=O)COc2c(C)cc([S+](c3ccccc3)c3ccccc3)cc2C)CCCC1.CCC1(OC(=O)COc2c(C)cc([S+](c3ccccc3)c3ccccc3)cc2C)CCCCC1.Cc1cc([S+](c2ccccc2)c2ccccc2)cc(C)c1OCC(=O)OC1(C)CCCC1.Cc1cc([S+](c2ccccc2)c2ccccc2)cc(C)c1OCC(=O)OC12CC3CC(C1)C(=O)C(C3)C2. The Morgan fingerprint density at radius 2 is 0.493 bits per heavy atom. The lowest BCUT2D eigenvalue weighted by Gasteiger charge is -2.54. The Morgan fingerprint density at radius 1 is 0.279 bits per heavy atom. The Bertz CT molecular complexity index is 5740. The quantitative estimate of drug-likeness (QED) is 0.0238. The van der Waals surface area contributed by atoms with Crippen molar-refractivity contribution >= 4 is 73.2 Å². The molecule has 19 rings (SSSR count). The fourth-order valence-corrected chi connectivity index (χ4v) is 30.1. The first-order valence-electron chi connectivity index (χ1n) is 48.6. The first-order chi connectivity index (χ1) is 65.9. The molecule has 706 valence electrons. The minimum absolute atomic E-state index is 0.0497. The van der Waals surface area contributed by atoms with Crippen LogP contribution in [0, 0.1) is 73.1 Å². The number of rotatable bonds is 30. The summed E-state index contributed by atoms with van der Waals surface area (Å²) < 4.78 is 47.7. The van der Waals surface area contributed by atoms with Crippen LogP contribution in [0.15, 0.2) is 350 Å². The molecule has 0 spiro atoms. The average Bonchev–Trinajstić information content (AvgIpc) is 0.789. The fraction of sp³-hybridized carbons (Fsp3) is 0.353. The maximum absolute atomic E-state index is 12.9. The molecule has 7 aliphatic carbocycles. The second-order valence-corrected chi connectivity index (χ2v) is 45.9. The van der Waals surface area contributed by atoms with Crippen molar-refractivity contribution in [1.82, 2.24) is 0 Å². The summed E-state index contributed by atoms with van der Waals surface area (Å²) in [5.41, 5.74) is 6.85. The van der Waals surface area contributed by atoms with Gasteiger partial charge in [0.15, 0.2) is 85.2 Å². The van der Waals surface area contributed by atoms with Crippen molar-refractivity contribution in [2.45, 2.75) is 286 Å². The summed E-state index contributed by atoms with van der Waals surface area (Å²) in [5, 5.41) is 0. The van der Waals surface area contributed by atoms with Gasteiger partial charge >= 0.3 is 23.9 Å². The number of ether oxygens (including phenoxy) is 8. The first kappa shape index (κ1) is 99.3. The maximum atomic E-state index is 12.9. The second-order valence-electron chi connectivity index (χ2n) is 37.8. The van der Waals surface area contributed by atoms with Gasteiger partial charge in [-0.05, 0) is 332 Å². The van der Waals surface area contributed by atoms with E-state index in [4.69, 9.17) is 37.9 Å². The highest BCUT2D eigenvalue weighted by molar-refractivity contribution is 7.98.